The van der Waals surface area contributed by atoms with Crippen LogP contribution in [0.4, 0.5) is 5.13 Å². The van der Waals surface area contributed by atoms with E-state index in [-0.39, 0.29) is 5.91 Å². The Morgan fingerprint density at radius 2 is 1.75 bits per heavy atom. The number of anilines is 1. The van der Waals surface area contributed by atoms with Gasteiger partial charge in [0.05, 0.1) is 7.11 Å². The number of aromatic nitrogens is 1. The van der Waals surface area contributed by atoms with Gasteiger partial charge >= 0.3 is 0 Å². The summed E-state index contributed by atoms with van der Waals surface area (Å²) >= 11 is 1.33. The van der Waals surface area contributed by atoms with Crippen molar-refractivity contribution in [2.75, 3.05) is 12.4 Å². The van der Waals surface area contributed by atoms with Gasteiger partial charge in [-0.15, -0.1) is 11.3 Å². The van der Waals surface area contributed by atoms with E-state index >= 15 is 0 Å². The number of benzene rings is 3. The van der Waals surface area contributed by atoms with Gasteiger partial charge in [0.2, 0.25) is 0 Å². The van der Waals surface area contributed by atoms with Crippen LogP contribution in [0.15, 0.2) is 88.7 Å². The molecule has 0 bridgehead atoms. The molecule has 1 amide bonds. The average molecular weight is 442 g/mol. The molecule has 0 fully saturated rings. The third kappa shape index (κ3) is 4.06. The van der Waals surface area contributed by atoms with Gasteiger partial charge in [-0.3, -0.25) is 10.1 Å². The first-order valence-electron chi connectivity index (χ1n) is 9.86. The van der Waals surface area contributed by atoms with Gasteiger partial charge in [-0.2, -0.15) is 0 Å². The monoisotopic (exact) mass is 442 g/mol. The van der Waals surface area contributed by atoms with Crippen molar-refractivity contribution >= 4 is 33.3 Å². The van der Waals surface area contributed by atoms with Crippen molar-refractivity contribution in [3.8, 4) is 28.7 Å². The number of nitrogens with one attached hydrogen (secondary N) is 1. The summed E-state index contributed by atoms with van der Waals surface area (Å²) in [5, 5.41) is 6.09. The molecule has 0 saturated carbocycles. The fraction of sp³-hybridized carbons (Fsp3) is 0.0400. The van der Waals surface area contributed by atoms with Crippen LogP contribution in [-0.2, 0) is 0 Å². The van der Waals surface area contributed by atoms with Crippen molar-refractivity contribution in [3.63, 3.8) is 0 Å². The SMILES string of the molecule is COc1cccc2cc(-c3csc(NC(=O)c4ccc(Oc5ccccc5)cc4)n3)oc12. The molecule has 0 atom stereocenters. The van der Waals surface area contributed by atoms with E-state index in [9.17, 15) is 4.79 Å². The van der Waals surface area contributed by atoms with Crippen molar-refractivity contribution < 1.29 is 18.7 Å². The third-order valence-electron chi connectivity index (χ3n) is 4.80. The van der Waals surface area contributed by atoms with Crippen molar-refractivity contribution in [1.29, 1.82) is 0 Å². The number of thiazole rings is 1. The maximum atomic E-state index is 12.6. The largest absolute Gasteiger partial charge is 0.493 e. The molecule has 158 valence electrons. The molecule has 6 nitrogen and oxygen atoms in total. The Morgan fingerprint density at radius 1 is 0.969 bits per heavy atom. The molecule has 2 heterocycles. The summed E-state index contributed by atoms with van der Waals surface area (Å²) in [5.74, 6) is 2.43. The maximum absolute atomic E-state index is 12.6. The van der Waals surface area contributed by atoms with Crippen LogP contribution in [0.5, 0.6) is 17.2 Å². The molecular formula is C25H18N2O4S. The lowest BCUT2D eigenvalue weighted by Gasteiger charge is -2.06. The van der Waals surface area contributed by atoms with E-state index in [1.807, 2.05) is 60.0 Å². The molecule has 0 aliphatic rings. The topological polar surface area (TPSA) is 73.6 Å². The summed E-state index contributed by atoms with van der Waals surface area (Å²) in [6, 6.07) is 24.0. The molecular weight excluding hydrogens is 424 g/mol. The van der Waals surface area contributed by atoms with Gasteiger partial charge in [-0.25, -0.2) is 4.98 Å². The van der Waals surface area contributed by atoms with Crippen molar-refractivity contribution in [2.24, 2.45) is 0 Å². The Bertz CT molecular complexity index is 1370. The van der Waals surface area contributed by atoms with Crippen molar-refractivity contribution in [2.45, 2.75) is 0 Å². The van der Waals surface area contributed by atoms with Gasteiger partial charge in [0.15, 0.2) is 22.2 Å². The van der Waals surface area contributed by atoms with Gasteiger partial charge in [-0.05, 0) is 48.5 Å². The van der Waals surface area contributed by atoms with Gasteiger partial charge in [0.1, 0.15) is 17.2 Å². The third-order valence-corrected chi connectivity index (χ3v) is 5.56. The number of hydrogen-bond acceptors (Lipinski definition) is 6. The van der Waals surface area contributed by atoms with Crippen LogP contribution in [0, 0.1) is 0 Å². The van der Waals surface area contributed by atoms with Crippen LogP contribution in [-0.4, -0.2) is 18.0 Å². The molecule has 3 aromatic carbocycles. The molecule has 7 heteroatoms. The first-order valence-corrected chi connectivity index (χ1v) is 10.7. The van der Waals surface area contributed by atoms with Crippen LogP contribution >= 0.6 is 11.3 Å². The second-order valence-electron chi connectivity index (χ2n) is 6.92. The molecule has 0 unspecified atom stereocenters. The van der Waals surface area contributed by atoms with Crippen LogP contribution in [0.2, 0.25) is 0 Å². The average Bonchev–Trinajstić information content (AvgIpc) is 3.47. The zero-order chi connectivity index (χ0) is 21.9. The van der Waals surface area contributed by atoms with Crippen molar-refractivity contribution in [3.05, 3.63) is 89.8 Å². The smallest absolute Gasteiger partial charge is 0.257 e. The number of fused-ring (bicyclic) bond motifs is 1. The highest BCUT2D eigenvalue weighted by Gasteiger charge is 2.15. The summed E-state index contributed by atoms with van der Waals surface area (Å²) in [7, 11) is 1.60. The van der Waals surface area contributed by atoms with E-state index in [4.69, 9.17) is 13.9 Å². The fourth-order valence-corrected chi connectivity index (χ4v) is 3.93. The first kappa shape index (κ1) is 19.8. The van der Waals surface area contributed by atoms with Gasteiger partial charge < -0.3 is 13.9 Å². The summed E-state index contributed by atoms with van der Waals surface area (Å²) in [6.07, 6.45) is 0. The Labute approximate surface area is 188 Å². The molecule has 5 rings (SSSR count). The normalized spacial score (nSPS) is 10.8. The summed E-state index contributed by atoms with van der Waals surface area (Å²) < 4.78 is 17.0. The van der Waals surface area contributed by atoms with E-state index in [0.29, 0.717) is 39.2 Å². The second kappa shape index (κ2) is 8.56. The minimum Gasteiger partial charge on any atom is -0.493 e. The number of furan rings is 1. The molecule has 0 aliphatic carbocycles. The number of hydrogen-bond donors (Lipinski definition) is 1. The lowest BCUT2D eigenvalue weighted by molar-refractivity contribution is 0.102. The Balaban J connectivity index is 1.29. The maximum Gasteiger partial charge on any atom is 0.257 e. The highest BCUT2D eigenvalue weighted by Crippen LogP contribution is 2.34. The predicted octanol–water partition coefficient (Wildman–Crippen LogP) is 6.61. The van der Waals surface area contributed by atoms with E-state index in [0.717, 1.165) is 11.1 Å². The Kier molecular flexibility index (Phi) is 5.31. The van der Waals surface area contributed by atoms with Gasteiger partial charge in [0, 0.05) is 16.3 Å². The van der Waals surface area contributed by atoms with Gasteiger partial charge in [0.25, 0.3) is 5.91 Å². The van der Waals surface area contributed by atoms with E-state index < -0.39 is 0 Å². The molecule has 5 aromatic rings. The molecule has 32 heavy (non-hydrogen) atoms. The number of para-hydroxylation sites is 2. The fourth-order valence-electron chi connectivity index (χ4n) is 3.24. The molecule has 0 spiro atoms. The number of carbonyl (C=O) groups excluding carboxylic acids is 1. The number of rotatable bonds is 6. The molecule has 0 radical (unpaired) electrons. The quantitative estimate of drug-likeness (QED) is 0.320. The number of amides is 1. The van der Waals surface area contributed by atoms with Crippen molar-refractivity contribution in [1.82, 2.24) is 4.98 Å². The zero-order valence-electron chi connectivity index (χ0n) is 17.1. The lowest BCUT2D eigenvalue weighted by Crippen LogP contribution is -2.11. The highest BCUT2D eigenvalue weighted by atomic mass is 32.1. The number of methoxy groups -OCH3 is 1. The van der Waals surface area contributed by atoms with Gasteiger partial charge in [-0.1, -0.05) is 30.3 Å². The minimum atomic E-state index is -0.247. The number of carbonyl (C=O) groups is 1. The molecule has 0 aliphatic heterocycles. The van der Waals surface area contributed by atoms with Crippen LogP contribution in [0.3, 0.4) is 0 Å². The zero-order valence-corrected chi connectivity index (χ0v) is 17.9. The molecule has 0 saturated heterocycles. The first-order chi connectivity index (χ1) is 15.7. The van der Waals surface area contributed by atoms with E-state index in [1.54, 1.807) is 31.4 Å². The lowest BCUT2D eigenvalue weighted by atomic mass is 10.2. The summed E-state index contributed by atoms with van der Waals surface area (Å²) in [4.78, 5) is 17.1. The van der Waals surface area contributed by atoms with E-state index in [1.165, 1.54) is 11.3 Å². The Hall–Kier alpha value is -4.10. The second-order valence-corrected chi connectivity index (χ2v) is 7.78. The minimum absolute atomic E-state index is 0.247. The molecule has 2 aromatic heterocycles. The van der Waals surface area contributed by atoms with E-state index in [2.05, 4.69) is 10.3 Å². The molecule has 1 N–H and O–H groups in total. The number of ether oxygens (including phenoxy) is 2. The van der Waals surface area contributed by atoms with Crippen LogP contribution < -0.4 is 14.8 Å². The highest BCUT2D eigenvalue weighted by molar-refractivity contribution is 7.14. The Morgan fingerprint density at radius 3 is 2.53 bits per heavy atom. The predicted molar refractivity (Wildman–Crippen MR) is 125 cm³/mol. The standard InChI is InChI=1S/C25H18N2O4S/c1-29-21-9-5-6-17-14-22(31-23(17)21)20-15-32-25(26-20)27-24(28)16-10-12-19(13-11-16)30-18-7-3-2-4-8-18/h2-15H,1H3,(H,26,27,28). The summed E-state index contributed by atoms with van der Waals surface area (Å²) in [6.45, 7) is 0. The van der Waals surface area contributed by atoms with Crippen LogP contribution in [0.1, 0.15) is 10.4 Å². The number of nitrogens with zero attached hydrogens (tertiary/aromatic N) is 1. The summed E-state index contributed by atoms with van der Waals surface area (Å²) in [5.41, 5.74) is 1.83. The van der Waals surface area contributed by atoms with Crippen LogP contribution in [0.25, 0.3) is 22.4 Å².